The van der Waals surface area contributed by atoms with E-state index >= 15 is 0 Å². The van der Waals surface area contributed by atoms with Gasteiger partial charge >= 0.3 is 0 Å². The Bertz CT molecular complexity index is 879. The van der Waals surface area contributed by atoms with E-state index in [1.807, 2.05) is 10.9 Å². The first kappa shape index (κ1) is 15.2. The highest BCUT2D eigenvalue weighted by molar-refractivity contribution is 5.66. The fraction of sp³-hybridized carbons (Fsp3) is 0.444. The largest absolute Gasteiger partial charge is 0.377 e. The molecule has 0 bridgehead atoms. The van der Waals surface area contributed by atoms with Gasteiger partial charge in [0.1, 0.15) is 11.5 Å². The van der Waals surface area contributed by atoms with E-state index in [1.165, 1.54) is 0 Å². The molecule has 1 atom stereocenters. The van der Waals surface area contributed by atoms with E-state index in [4.69, 9.17) is 9.72 Å². The number of hydrogen-bond acceptors (Lipinski definition) is 4. The van der Waals surface area contributed by atoms with Crippen LogP contribution in [-0.4, -0.2) is 32.8 Å². The fourth-order valence-electron chi connectivity index (χ4n) is 3.28. The third-order valence-corrected chi connectivity index (χ3v) is 4.78. The lowest BCUT2D eigenvalue weighted by Crippen LogP contribution is -2.15. The van der Waals surface area contributed by atoms with Gasteiger partial charge in [0, 0.05) is 37.7 Å². The molecular formula is C18H23N5O. The Balaban J connectivity index is 1.88. The van der Waals surface area contributed by atoms with E-state index in [-0.39, 0.29) is 6.10 Å². The van der Waals surface area contributed by atoms with Crippen LogP contribution in [0.2, 0.25) is 0 Å². The molecule has 24 heavy (non-hydrogen) atoms. The van der Waals surface area contributed by atoms with E-state index in [9.17, 15) is 0 Å². The summed E-state index contributed by atoms with van der Waals surface area (Å²) in [4.78, 5) is 7.13. The van der Waals surface area contributed by atoms with Gasteiger partial charge in [0.2, 0.25) is 0 Å². The van der Waals surface area contributed by atoms with Crippen LogP contribution in [0.5, 0.6) is 0 Å². The summed E-state index contributed by atoms with van der Waals surface area (Å²) in [7, 11) is 1.74. The Hall–Kier alpha value is -2.34. The van der Waals surface area contributed by atoms with E-state index in [2.05, 4.69) is 59.7 Å². The van der Waals surface area contributed by atoms with Crippen molar-refractivity contribution in [2.45, 2.75) is 39.3 Å². The van der Waals surface area contributed by atoms with Crippen LogP contribution in [0.15, 0.2) is 30.7 Å². The van der Waals surface area contributed by atoms with Crippen molar-refractivity contribution in [3.05, 3.63) is 42.0 Å². The highest BCUT2D eigenvalue weighted by Gasteiger charge is 2.23. The van der Waals surface area contributed by atoms with E-state index in [0.29, 0.717) is 5.92 Å². The third kappa shape index (κ3) is 2.29. The number of aromatic nitrogens is 4. The summed E-state index contributed by atoms with van der Waals surface area (Å²) in [5, 5.41) is 4.37. The molecular weight excluding hydrogens is 302 g/mol. The first-order valence-corrected chi connectivity index (χ1v) is 8.43. The Morgan fingerprint density at radius 1 is 1.17 bits per heavy atom. The summed E-state index contributed by atoms with van der Waals surface area (Å²) >= 11 is 0. The van der Waals surface area contributed by atoms with Crippen LogP contribution in [0, 0.1) is 0 Å². The summed E-state index contributed by atoms with van der Waals surface area (Å²) in [6, 6.07) is 4.26. The molecule has 0 radical (unpaired) electrons. The minimum absolute atomic E-state index is 0.0117. The lowest BCUT2D eigenvalue weighted by Gasteiger charge is -2.20. The maximum atomic E-state index is 5.60. The van der Waals surface area contributed by atoms with Gasteiger partial charge in [0.25, 0.3) is 0 Å². The average molecular weight is 325 g/mol. The number of hydrogen-bond donors (Lipinski definition) is 0. The molecule has 4 rings (SSSR count). The minimum atomic E-state index is -0.0117. The van der Waals surface area contributed by atoms with Gasteiger partial charge in [-0.05, 0) is 18.9 Å². The molecule has 3 aromatic heterocycles. The molecule has 126 valence electrons. The van der Waals surface area contributed by atoms with E-state index < -0.39 is 0 Å². The van der Waals surface area contributed by atoms with Crippen LogP contribution in [0.25, 0.3) is 5.65 Å². The maximum absolute atomic E-state index is 5.60. The highest BCUT2D eigenvalue weighted by atomic mass is 16.5. The molecule has 0 amide bonds. The third-order valence-electron chi connectivity index (χ3n) is 4.78. The van der Waals surface area contributed by atoms with Crippen molar-refractivity contribution in [1.82, 2.24) is 19.2 Å². The van der Waals surface area contributed by atoms with Gasteiger partial charge in [-0.2, -0.15) is 5.10 Å². The number of methoxy groups -OCH3 is 1. The van der Waals surface area contributed by atoms with Gasteiger partial charge in [-0.25, -0.2) is 9.67 Å². The summed E-state index contributed by atoms with van der Waals surface area (Å²) in [5.41, 5.74) is 4.33. The van der Waals surface area contributed by atoms with Crippen molar-refractivity contribution in [1.29, 1.82) is 0 Å². The second kappa shape index (κ2) is 5.63. The predicted octanol–water partition coefficient (Wildman–Crippen LogP) is 3.51. The highest BCUT2D eigenvalue weighted by Crippen LogP contribution is 2.33. The molecule has 0 aromatic carbocycles. The van der Waals surface area contributed by atoms with Crippen molar-refractivity contribution in [3.63, 3.8) is 0 Å². The zero-order valence-electron chi connectivity index (χ0n) is 14.6. The van der Waals surface area contributed by atoms with Crippen molar-refractivity contribution in [2.24, 2.45) is 0 Å². The predicted molar refractivity (Wildman–Crippen MR) is 93.9 cm³/mol. The van der Waals surface area contributed by atoms with Gasteiger partial charge in [-0.15, -0.1) is 0 Å². The number of imidazole rings is 1. The Morgan fingerprint density at radius 2 is 2.00 bits per heavy atom. The molecule has 4 heterocycles. The van der Waals surface area contributed by atoms with Crippen molar-refractivity contribution >= 4 is 17.2 Å². The first-order valence-electron chi connectivity index (χ1n) is 8.43. The van der Waals surface area contributed by atoms with E-state index in [1.54, 1.807) is 7.11 Å². The van der Waals surface area contributed by atoms with Crippen molar-refractivity contribution in [2.75, 3.05) is 18.6 Å². The molecule has 0 fully saturated rings. The summed E-state index contributed by atoms with van der Waals surface area (Å²) in [6.07, 6.45) is 6.13. The van der Waals surface area contributed by atoms with Crippen LogP contribution in [0.3, 0.4) is 0 Å². The normalized spacial score (nSPS) is 15.5. The summed E-state index contributed by atoms with van der Waals surface area (Å²) in [5.74, 6) is 1.53. The van der Waals surface area contributed by atoms with Gasteiger partial charge in [0.15, 0.2) is 0 Å². The Morgan fingerprint density at radius 3 is 2.75 bits per heavy atom. The molecule has 6 heteroatoms. The molecule has 0 saturated carbocycles. The summed E-state index contributed by atoms with van der Waals surface area (Å²) < 4.78 is 9.77. The maximum Gasteiger partial charge on any atom is 0.142 e. The zero-order chi connectivity index (χ0) is 16.8. The number of anilines is 2. The Labute approximate surface area is 141 Å². The number of fused-ring (bicyclic) bond motifs is 2. The number of ether oxygens (including phenoxy) is 1. The molecule has 6 nitrogen and oxygen atoms in total. The van der Waals surface area contributed by atoms with Gasteiger partial charge < -0.3 is 14.0 Å². The molecule has 0 spiro atoms. The van der Waals surface area contributed by atoms with Crippen LogP contribution in [0.4, 0.5) is 11.5 Å². The zero-order valence-corrected chi connectivity index (χ0v) is 14.6. The molecule has 0 unspecified atom stereocenters. The van der Waals surface area contributed by atoms with Crippen LogP contribution < -0.4 is 4.90 Å². The topological polar surface area (TPSA) is 47.6 Å². The molecule has 1 aliphatic heterocycles. The van der Waals surface area contributed by atoms with Crippen LogP contribution in [-0.2, 0) is 11.3 Å². The smallest absolute Gasteiger partial charge is 0.142 e. The SMILES string of the molecule is CO[C@H](C)c1cc(N2CCn3nccc32)cn2cc(C(C)C)nc12. The molecule has 0 aliphatic carbocycles. The number of pyridine rings is 1. The molecule has 1 aliphatic rings. The Kier molecular flexibility index (Phi) is 3.57. The lowest BCUT2D eigenvalue weighted by atomic mass is 10.1. The summed E-state index contributed by atoms with van der Waals surface area (Å²) in [6.45, 7) is 8.25. The average Bonchev–Trinajstić information content (AvgIpc) is 3.26. The first-order chi connectivity index (χ1) is 11.6. The van der Waals surface area contributed by atoms with Gasteiger partial charge in [-0.1, -0.05) is 13.8 Å². The monoisotopic (exact) mass is 325 g/mol. The minimum Gasteiger partial charge on any atom is -0.377 e. The van der Waals surface area contributed by atoms with Gasteiger partial charge in [-0.3, -0.25) is 0 Å². The second-order valence-corrected chi connectivity index (χ2v) is 6.65. The second-order valence-electron chi connectivity index (χ2n) is 6.65. The fourth-order valence-corrected chi connectivity index (χ4v) is 3.28. The van der Waals surface area contributed by atoms with E-state index in [0.717, 1.165) is 41.5 Å². The van der Waals surface area contributed by atoms with Crippen molar-refractivity contribution in [3.8, 4) is 0 Å². The lowest BCUT2D eigenvalue weighted by molar-refractivity contribution is 0.120. The number of nitrogens with zero attached hydrogens (tertiary/aromatic N) is 5. The standard InChI is InChI=1S/C18H23N5O/c1-12(2)16-11-21-10-14(9-15(13(3)24-4)18(21)20-16)22-7-8-23-17(22)5-6-19-23/h5-6,9-13H,7-8H2,1-4H3/t13-/m1/s1. The van der Waals surface area contributed by atoms with Crippen LogP contribution >= 0.6 is 0 Å². The molecule has 3 aromatic rings. The van der Waals surface area contributed by atoms with Crippen molar-refractivity contribution < 1.29 is 4.74 Å². The van der Waals surface area contributed by atoms with Gasteiger partial charge in [0.05, 0.1) is 30.2 Å². The number of rotatable bonds is 4. The molecule has 0 N–H and O–H groups in total. The molecule has 0 saturated heterocycles. The quantitative estimate of drug-likeness (QED) is 0.736. The van der Waals surface area contributed by atoms with Crippen LogP contribution in [0.1, 0.15) is 44.1 Å².